The Bertz CT molecular complexity index is 990. The van der Waals surface area contributed by atoms with Crippen LogP contribution in [0.1, 0.15) is 66.9 Å². The smallest absolute Gasteiger partial charge is 0.271 e. The highest BCUT2D eigenvalue weighted by molar-refractivity contribution is 5.95. The summed E-state index contributed by atoms with van der Waals surface area (Å²) in [5, 5.41) is 6.05. The molecule has 2 bridgehead atoms. The van der Waals surface area contributed by atoms with Crippen molar-refractivity contribution in [2.45, 2.75) is 52.1 Å². The van der Waals surface area contributed by atoms with Gasteiger partial charge in [0, 0.05) is 25.9 Å². The van der Waals surface area contributed by atoms with Crippen LogP contribution in [0.4, 0.5) is 0 Å². The van der Waals surface area contributed by atoms with Gasteiger partial charge in [0.2, 0.25) is 0 Å². The van der Waals surface area contributed by atoms with E-state index in [1.54, 1.807) is 16.7 Å². The number of pyridine rings is 1. The quantitative estimate of drug-likeness (QED) is 0.747. The first kappa shape index (κ1) is 20.5. The molecule has 2 N–H and O–H groups in total. The number of aromatic nitrogens is 2. The lowest BCUT2D eigenvalue weighted by Crippen LogP contribution is -2.54. The molecular formula is C24H32N4O3. The predicted octanol–water partition coefficient (Wildman–Crippen LogP) is 3.05. The number of amides is 2. The fraction of sp³-hybridized carbons (Fsp3) is 0.625. The van der Waals surface area contributed by atoms with Crippen molar-refractivity contribution in [3.8, 4) is 0 Å². The molecule has 3 aliphatic carbocycles. The number of carbonyl (C=O) groups is 2. The number of imidazole rings is 1. The van der Waals surface area contributed by atoms with Gasteiger partial charge in [-0.25, -0.2) is 4.98 Å². The van der Waals surface area contributed by atoms with Crippen molar-refractivity contribution in [1.29, 1.82) is 0 Å². The molecule has 2 aromatic rings. The summed E-state index contributed by atoms with van der Waals surface area (Å²) in [6.45, 7) is 6.70. The summed E-state index contributed by atoms with van der Waals surface area (Å²) >= 11 is 0. The lowest BCUT2D eigenvalue weighted by molar-refractivity contribution is -0.103. The zero-order chi connectivity index (χ0) is 21.6. The first-order valence-electron chi connectivity index (χ1n) is 11.6. The maximum absolute atomic E-state index is 13.0. The first-order chi connectivity index (χ1) is 14.9. The highest BCUT2D eigenvalue weighted by Gasteiger charge is 2.53. The number of ether oxygens (including phenoxy) is 1. The van der Waals surface area contributed by atoms with Gasteiger partial charge in [0.1, 0.15) is 17.0 Å². The summed E-state index contributed by atoms with van der Waals surface area (Å²) in [5.41, 5.74) is 1.82. The van der Waals surface area contributed by atoms with Crippen molar-refractivity contribution in [3.05, 3.63) is 35.8 Å². The van der Waals surface area contributed by atoms with Gasteiger partial charge in [0.05, 0.1) is 6.10 Å². The van der Waals surface area contributed by atoms with Gasteiger partial charge in [-0.15, -0.1) is 0 Å². The molecule has 166 valence electrons. The van der Waals surface area contributed by atoms with E-state index in [0.29, 0.717) is 47.4 Å². The molecule has 4 aliphatic rings. The lowest BCUT2D eigenvalue weighted by Gasteiger charge is -2.60. The summed E-state index contributed by atoms with van der Waals surface area (Å²) in [7, 11) is 0. The maximum atomic E-state index is 13.0. The molecule has 1 aliphatic heterocycles. The van der Waals surface area contributed by atoms with Crippen molar-refractivity contribution in [1.82, 2.24) is 20.0 Å². The van der Waals surface area contributed by atoms with Crippen molar-refractivity contribution in [2.24, 2.45) is 23.2 Å². The average molecular weight is 425 g/mol. The van der Waals surface area contributed by atoms with Gasteiger partial charge in [-0.2, -0.15) is 0 Å². The van der Waals surface area contributed by atoms with Crippen LogP contribution in [0.15, 0.2) is 24.4 Å². The number of hydrogen-bond donors (Lipinski definition) is 2. The third-order valence-electron chi connectivity index (χ3n) is 8.00. The Hall–Kier alpha value is -2.41. The first-order valence-corrected chi connectivity index (χ1v) is 11.6. The highest BCUT2D eigenvalue weighted by atomic mass is 16.5. The minimum Gasteiger partial charge on any atom is -0.376 e. The van der Waals surface area contributed by atoms with Crippen LogP contribution in [-0.2, 0) is 4.74 Å². The molecule has 3 heterocycles. The number of hydrogen-bond acceptors (Lipinski definition) is 4. The molecule has 4 atom stereocenters. The van der Waals surface area contributed by atoms with E-state index in [2.05, 4.69) is 29.5 Å². The fourth-order valence-electron chi connectivity index (χ4n) is 5.93. The van der Waals surface area contributed by atoms with Crippen molar-refractivity contribution >= 4 is 17.5 Å². The number of nitrogens with one attached hydrogen (secondary N) is 2. The van der Waals surface area contributed by atoms with Gasteiger partial charge < -0.3 is 15.4 Å². The zero-order valence-electron chi connectivity index (χ0n) is 18.4. The van der Waals surface area contributed by atoms with Crippen LogP contribution in [0, 0.1) is 23.2 Å². The normalized spacial score (nSPS) is 28.8. The fourth-order valence-corrected chi connectivity index (χ4v) is 5.93. The summed E-state index contributed by atoms with van der Waals surface area (Å²) < 4.78 is 7.26. The van der Waals surface area contributed by atoms with Crippen LogP contribution < -0.4 is 10.6 Å². The number of fused-ring (bicyclic) bond motifs is 3. The second kappa shape index (κ2) is 7.93. The number of rotatable bonds is 6. The van der Waals surface area contributed by atoms with E-state index in [9.17, 15) is 9.59 Å². The van der Waals surface area contributed by atoms with Crippen LogP contribution >= 0.6 is 0 Å². The monoisotopic (exact) mass is 424 g/mol. The summed E-state index contributed by atoms with van der Waals surface area (Å²) in [5.74, 6) is 1.75. The predicted molar refractivity (Wildman–Crippen MR) is 117 cm³/mol. The van der Waals surface area contributed by atoms with E-state index in [1.165, 1.54) is 19.3 Å². The molecule has 0 radical (unpaired) electrons. The second-order valence-electron chi connectivity index (χ2n) is 10.0. The maximum Gasteiger partial charge on any atom is 0.271 e. The molecule has 3 saturated carbocycles. The lowest BCUT2D eigenvalue weighted by atomic mass is 9.45. The Labute approximate surface area is 182 Å². The Morgan fingerprint density at radius 3 is 2.74 bits per heavy atom. The molecule has 2 amide bonds. The van der Waals surface area contributed by atoms with Crippen molar-refractivity contribution in [2.75, 3.05) is 19.7 Å². The van der Waals surface area contributed by atoms with Crippen LogP contribution in [0.25, 0.3) is 5.65 Å². The zero-order valence-corrected chi connectivity index (χ0v) is 18.4. The van der Waals surface area contributed by atoms with E-state index in [-0.39, 0.29) is 17.9 Å². The van der Waals surface area contributed by atoms with Crippen LogP contribution in [0.3, 0.4) is 0 Å². The molecule has 7 heteroatoms. The Balaban J connectivity index is 1.25. The van der Waals surface area contributed by atoms with Gasteiger partial charge in [-0.3, -0.25) is 14.0 Å². The van der Waals surface area contributed by atoms with Gasteiger partial charge in [0.15, 0.2) is 0 Å². The second-order valence-corrected chi connectivity index (χ2v) is 10.0. The third kappa shape index (κ3) is 3.73. The van der Waals surface area contributed by atoms with E-state index in [4.69, 9.17) is 4.74 Å². The van der Waals surface area contributed by atoms with Gasteiger partial charge in [-0.1, -0.05) is 19.9 Å². The molecule has 0 aromatic carbocycles. The Morgan fingerprint density at radius 1 is 1.16 bits per heavy atom. The Morgan fingerprint density at radius 2 is 2.00 bits per heavy atom. The van der Waals surface area contributed by atoms with Crippen LogP contribution in [0.5, 0.6) is 0 Å². The van der Waals surface area contributed by atoms with Crippen molar-refractivity contribution < 1.29 is 14.3 Å². The molecule has 2 aromatic heterocycles. The van der Waals surface area contributed by atoms with Gasteiger partial charge in [-0.05, 0) is 67.4 Å². The topological polar surface area (TPSA) is 84.7 Å². The summed E-state index contributed by atoms with van der Waals surface area (Å²) in [6.07, 6.45) is 7.50. The molecule has 4 fully saturated rings. The molecule has 31 heavy (non-hydrogen) atoms. The largest absolute Gasteiger partial charge is 0.376 e. The minimum absolute atomic E-state index is 0.0815. The summed E-state index contributed by atoms with van der Waals surface area (Å²) in [4.78, 5) is 29.9. The van der Waals surface area contributed by atoms with Crippen LogP contribution in [-0.4, -0.2) is 47.0 Å². The third-order valence-corrected chi connectivity index (χ3v) is 8.00. The number of carbonyl (C=O) groups excluding carboxylic acids is 2. The molecule has 0 spiro atoms. The van der Waals surface area contributed by atoms with E-state index in [0.717, 1.165) is 25.4 Å². The standard InChI is InChI=1S/C24H32N4O3/c1-24(2)16-9-8-15(18(24)11-16)12-25-23(30)20-6-3-7-21-27-19(14-28(20)21)22(29)26-13-17-5-4-10-31-17/h3,6-7,14-18H,4-5,8-13H2,1-2H3,(H,25,30)(H,26,29)/t15-,16-,17?,18-/m0/s1. The average Bonchev–Trinajstić information content (AvgIpc) is 3.45. The Kier molecular flexibility index (Phi) is 5.24. The molecular weight excluding hydrogens is 392 g/mol. The van der Waals surface area contributed by atoms with Gasteiger partial charge >= 0.3 is 0 Å². The van der Waals surface area contributed by atoms with Crippen LogP contribution in [0.2, 0.25) is 0 Å². The highest BCUT2D eigenvalue weighted by Crippen LogP contribution is 2.61. The van der Waals surface area contributed by atoms with Gasteiger partial charge in [0.25, 0.3) is 11.8 Å². The SMILES string of the molecule is CC1(C)[C@H]2CC[C@@H](CNC(=O)c3cccc4nc(C(=O)NCC5CCCO5)cn34)[C@@H]1C2. The number of nitrogens with zero attached hydrogens (tertiary/aromatic N) is 2. The van der Waals surface area contributed by atoms with Crippen molar-refractivity contribution in [3.63, 3.8) is 0 Å². The molecule has 6 rings (SSSR count). The van der Waals surface area contributed by atoms with E-state index >= 15 is 0 Å². The molecule has 7 nitrogen and oxygen atoms in total. The summed E-state index contributed by atoms with van der Waals surface area (Å²) in [6, 6.07) is 5.40. The van der Waals surface area contributed by atoms with E-state index < -0.39 is 0 Å². The molecule has 1 unspecified atom stereocenters. The minimum atomic E-state index is -0.241. The van der Waals surface area contributed by atoms with E-state index in [1.807, 2.05) is 12.1 Å². The molecule has 1 saturated heterocycles.